The fraction of sp³-hybridized carbons (Fsp3) is 0.0909. The van der Waals surface area contributed by atoms with Gasteiger partial charge in [0.15, 0.2) is 0 Å². The van der Waals surface area contributed by atoms with Crippen LogP contribution in [0.2, 0.25) is 0 Å². The lowest BCUT2D eigenvalue weighted by atomic mass is 10.1. The number of pyridine rings is 1. The fourth-order valence-electron chi connectivity index (χ4n) is 3.68. The number of rotatable bonds is 4. The topological polar surface area (TPSA) is 63.8 Å². The number of aromatic nitrogens is 5. The van der Waals surface area contributed by atoms with Crippen molar-refractivity contribution in [2.24, 2.45) is 5.10 Å². The lowest BCUT2D eigenvalue weighted by Crippen LogP contribution is -1.96. The molecule has 2 aromatic carbocycles. The molecule has 3 aromatic heterocycles. The second kappa shape index (κ2) is 7.10. The van der Waals surface area contributed by atoms with E-state index in [0.29, 0.717) is 16.3 Å². The number of para-hydroxylation sites is 1. The van der Waals surface area contributed by atoms with Crippen molar-refractivity contribution in [3.8, 4) is 11.5 Å². The Hall–Kier alpha value is -3.58. The Bertz CT molecular complexity index is 1410. The Labute approximate surface area is 172 Å². The van der Waals surface area contributed by atoms with E-state index in [4.69, 9.17) is 12.2 Å². The van der Waals surface area contributed by atoms with E-state index in [2.05, 4.69) is 74.2 Å². The van der Waals surface area contributed by atoms with Crippen LogP contribution in [0.1, 0.15) is 12.5 Å². The minimum Gasteiger partial charge on any atom is -0.341 e. The lowest BCUT2D eigenvalue weighted by molar-refractivity contribution is 0.827. The van der Waals surface area contributed by atoms with Crippen LogP contribution >= 0.6 is 12.2 Å². The molecule has 0 radical (unpaired) electrons. The van der Waals surface area contributed by atoms with E-state index >= 15 is 0 Å². The summed E-state index contributed by atoms with van der Waals surface area (Å²) in [6.07, 6.45) is 3.52. The van der Waals surface area contributed by atoms with Crippen LogP contribution in [0.15, 0.2) is 72.0 Å². The van der Waals surface area contributed by atoms with Crippen LogP contribution in [0.25, 0.3) is 33.3 Å². The number of aryl methyl sites for hydroxylation is 1. The monoisotopic (exact) mass is 398 g/mol. The zero-order chi connectivity index (χ0) is 19.8. The van der Waals surface area contributed by atoms with Crippen LogP contribution in [0.3, 0.4) is 0 Å². The molecule has 3 heterocycles. The first-order valence-corrected chi connectivity index (χ1v) is 9.81. The minimum absolute atomic E-state index is 0.422. The van der Waals surface area contributed by atoms with Gasteiger partial charge in [-0.1, -0.05) is 30.3 Å². The predicted octanol–water partition coefficient (Wildman–Crippen LogP) is 5.01. The van der Waals surface area contributed by atoms with E-state index in [1.54, 1.807) is 17.1 Å². The summed E-state index contributed by atoms with van der Waals surface area (Å²) in [5, 5.41) is 14.1. The van der Waals surface area contributed by atoms with Crippen molar-refractivity contribution >= 4 is 40.2 Å². The number of nitrogens with one attached hydrogen (secondary N) is 1. The quantitative estimate of drug-likeness (QED) is 0.342. The number of fused-ring (bicyclic) bond motifs is 3. The highest BCUT2D eigenvalue weighted by Crippen LogP contribution is 2.29. The molecule has 0 aliphatic rings. The fourth-order valence-corrected chi connectivity index (χ4v) is 3.86. The number of aromatic amines is 1. The Morgan fingerprint density at radius 1 is 1.03 bits per heavy atom. The summed E-state index contributed by atoms with van der Waals surface area (Å²) in [5.74, 6) is 0.579. The maximum atomic E-state index is 5.35. The average Bonchev–Trinajstić information content (AvgIpc) is 3.30. The van der Waals surface area contributed by atoms with E-state index in [-0.39, 0.29) is 0 Å². The van der Waals surface area contributed by atoms with Gasteiger partial charge < -0.3 is 4.57 Å². The van der Waals surface area contributed by atoms with Gasteiger partial charge >= 0.3 is 0 Å². The number of benzene rings is 2. The first-order valence-electron chi connectivity index (χ1n) is 9.40. The van der Waals surface area contributed by atoms with E-state index in [1.165, 1.54) is 21.8 Å². The maximum Gasteiger partial charge on any atom is 0.216 e. The highest BCUT2D eigenvalue weighted by molar-refractivity contribution is 7.71. The standard InChI is InChI=1S/C22H18N6S/c1-2-27-19-9-4-3-7-16(19)17-13-15(10-11-20(17)27)14-24-28-21(25-26-22(28)29)18-8-5-6-12-23-18/h3-14H,2H2,1H3,(H,26,29)/b24-14+. The number of H-pyrrole nitrogens is 1. The summed E-state index contributed by atoms with van der Waals surface area (Å²) in [6.45, 7) is 3.09. The second-order valence-electron chi connectivity index (χ2n) is 6.66. The normalized spacial score (nSPS) is 11.8. The first kappa shape index (κ1) is 17.5. The summed E-state index contributed by atoms with van der Waals surface area (Å²) >= 11 is 5.35. The molecule has 7 heteroatoms. The SMILES string of the molecule is CCn1c2ccccc2c2cc(/C=N/n3c(-c4ccccn4)n[nH]c3=S)ccc21. The molecule has 0 spiro atoms. The molecule has 0 atom stereocenters. The Morgan fingerprint density at radius 2 is 1.86 bits per heavy atom. The molecule has 0 amide bonds. The van der Waals surface area contributed by atoms with Gasteiger partial charge in [-0.15, -0.1) is 0 Å². The molecule has 142 valence electrons. The number of hydrogen-bond donors (Lipinski definition) is 1. The largest absolute Gasteiger partial charge is 0.341 e. The van der Waals surface area contributed by atoms with Crippen LogP contribution in [-0.4, -0.2) is 30.6 Å². The van der Waals surface area contributed by atoms with E-state index in [1.807, 2.05) is 18.2 Å². The van der Waals surface area contributed by atoms with Crippen LogP contribution in [-0.2, 0) is 6.54 Å². The van der Waals surface area contributed by atoms with Crippen LogP contribution in [0.4, 0.5) is 0 Å². The van der Waals surface area contributed by atoms with Crippen molar-refractivity contribution in [3.05, 3.63) is 77.2 Å². The van der Waals surface area contributed by atoms with Gasteiger partial charge in [-0.05, 0) is 55.0 Å². The minimum atomic E-state index is 0.422. The molecule has 0 saturated heterocycles. The Morgan fingerprint density at radius 3 is 2.69 bits per heavy atom. The Kier molecular flexibility index (Phi) is 4.29. The Balaban J connectivity index is 1.60. The molecular weight excluding hydrogens is 380 g/mol. The van der Waals surface area contributed by atoms with E-state index in [9.17, 15) is 0 Å². The molecule has 1 N–H and O–H groups in total. The van der Waals surface area contributed by atoms with Crippen LogP contribution in [0, 0.1) is 4.77 Å². The van der Waals surface area contributed by atoms with E-state index < -0.39 is 0 Å². The van der Waals surface area contributed by atoms with Crippen molar-refractivity contribution in [2.75, 3.05) is 0 Å². The summed E-state index contributed by atoms with van der Waals surface area (Å²) in [7, 11) is 0. The average molecular weight is 398 g/mol. The molecule has 5 aromatic rings. The molecule has 0 unspecified atom stereocenters. The van der Waals surface area contributed by atoms with Gasteiger partial charge in [0.05, 0.1) is 6.21 Å². The van der Waals surface area contributed by atoms with Crippen molar-refractivity contribution in [1.82, 2.24) is 24.4 Å². The maximum absolute atomic E-state index is 5.35. The summed E-state index contributed by atoms with van der Waals surface area (Å²) in [5.41, 5.74) is 4.17. The van der Waals surface area contributed by atoms with Gasteiger partial charge in [-0.25, -0.2) is 5.10 Å². The zero-order valence-electron chi connectivity index (χ0n) is 15.8. The van der Waals surface area contributed by atoms with Gasteiger partial charge in [0.25, 0.3) is 0 Å². The van der Waals surface area contributed by atoms with Gasteiger partial charge in [0.2, 0.25) is 10.6 Å². The molecule has 0 aliphatic carbocycles. The molecule has 6 nitrogen and oxygen atoms in total. The van der Waals surface area contributed by atoms with Crippen molar-refractivity contribution in [1.29, 1.82) is 0 Å². The van der Waals surface area contributed by atoms with E-state index in [0.717, 1.165) is 12.1 Å². The molecular formula is C22H18N6S. The molecule has 0 bridgehead atoms. The molecule has 0 fully saturated rings. The smallest absolute Gasteiger partial charge is 0.216 e. The molecule has 0 aliphatic heterocycles. The number of hydrogen-bond acceptors (Lipinski definition) is 4. The molecule has 5 rings (SSSR count). The van der Waals surface area contributed by atoms with Crippen molar-refractivity contribution < 1.29 is 0 Å². The zero-order valence-corrected chi connectivity index (χ0v) is 16.6. The van der Waals surface area contributed by atoms with Crippen LogP contribution in [0.5, 0.6) is 0 Å². The summed E-state index contributed by atoms with van der Waals surface area (Å²) in [4.78, 5) is 4.34. The highest BCUT2D eigenvalue weighted by Gasteiger charge is 2.10. The third-order valence-electron chi connectivity index (χ3n) is 4.98. The third-order valence-corrected chi connectivity index (χ3v) is 5.24. The van der Waals surface area contributed by atoms with Gasteiger partial charge in [-0.2, -0.15) is 14.9 Å². The van der Waals surface area contributed by atoms with Crippen molar-refractivity contribution in [2.45, 2.75) is 13.5 Å². The van der Waals surface area contributed by atoms with Gasteiger partial charge in [0.1, 0.15) is 5.69 Å². The van der Waals surface area contributed by atoms with Crippen molar-refractivity contribution in [3.63, 3.8) is 0 Å². The second-order valence-corrected chi connectivity index (χ2v) is 7.05. The third kappa shape index (κ3) is 2.96. The summed E-state index contributed by atoms with van der Waals surface area (Å²) < 4.78 is 4.35. The first-order chi connectivity index (χ1) is 14.3. The lowest BCUT2D eigenvalue weighted by Gasteiger charge is -2.03. The number of nitrogens with zero attached hydrogens (tertiary/aromatic N) is 5. The van der Waals surface area contributed by atoms with Crippen LogP contribution < -0.4 is 0 Å². The van der Waals surface area contributed by atoms with Gasteiger partial charge in [0, 0.05) is 34.5 Å². The predicted molar refractivity (Wildman–Crippen MR) is 119 cm³/mol. The molecule has 29 heavy (non-hydrogen) atoms. The van der Waals surface area contributed by atoms with Gasteiger partial charge in [-0.3, -0.25) is 4.98 Å². The molecule has 0 saturated carbocycles. The summed E-state index contributed by atoms with van der Waals surface area (Å²) in [6, 6.07) is 20.5. The highest BCUT2D eigenvalue weighted by atomic mass is 32.1.